The van der Waals surface area contributed by atoms with Crippen LogP contribution in [0.4, 0.5) is 11.4 Å². The van der Waals surface area contributed by atoms with Crippen LogP contribution in [0, 0.1) is 0 Å². The number of nitrogen functional groups attached to an aromatic ring is 1. The monoisotopic (exact) mass is 300 g/mol. The van der Waals surface area contributed by atoms with Crippen molar-refractivity contribution in [2.24, 2.45) is 10.7 Å². The van der Waals surface area contributed by atoms with Gasteiger partial charge in [0.1, 0.15) is 5.84 Å². The van der Waals surface area contributed by atoms with Crippen LogP contribution >= 0.6 is 0 Å². The first kappa shape index (κ1) is 16.1. The number of aliphatic imine (C=N–C) groups is 1. The normalized spacial score (nSPS) is 13.7. The van der Waals surface area contributed by atoms with Gasteiger partial charge in [-0.15, -0.1) is 0 Å². The van der Waals surface area contributed by atoms with E-state index in [9.17, 15) is 4.79 Å². The molecule has 0 atom stereocenters. The van der Waals surface area contributed by atoms with Crippen molar-refractivity contribution in [3.05, 3.63) is 29.3 Å². The van der Waals surface area contributed by atoms with Crippen molar-refractivity contribution in [1.82, 2.24) is 4.90 Å². The number of rotatable bonds is 5. The summed E-state index contributed by atoms with van der Waals surface area (Å²) < 4.78 is 0. The average molecular weight is 300 g/mol. The lowest BCUT2D eigenvalue weighted by Crippen LogP contribution is -2.34. The number of benzene rings is 1. The van der Waals surface area contributed by atoms with Crippen LogP contribution in [0.1, 0.15) is 38.7 Å². The van der Waals surface area contributed by atoms with E-state index in [1.165, 1.54) is 0 Å². The number of amidine groups is 1. The molecule has 5 heteroatoms. The average Bonchev–Trinajstić information content (AvgIpc) is 2.64. The fourth-order valence-corrected chi connectivity index (χ4v) is 2.60. The highest BCUT2D eigenvalue weighted by Crippen LogP contribution is 2.29. The largest absolute Gasteiger partial charge is 0.399 e. The van der Waals surface area contributed by atoms with Gasteiger partial charge in [0.15, 0.2) is 0 Å². The molecule has 1 aromatic carbocycles. The Bertz CT molecular complexity index is 613. The number of carbonyl (C=O) groups excluding carboxylic acids is 1. The second kappa shape index (κ2) is 7.11. The Hall–Kier alpha value is -2.30. The molecule has 22 heavy (non-hydrogen) atoms. The van der Waals surface area contributed by atoms with Gasteiger partial charge in [-0.2, -0.15) is 0 Å². The first-order valence-corrected chi connectivity index (χ1v) is 7.77. The topological polar surface area (TPSA) is 84.7 Å². The van der Waals surface area contributed by atoms with E-state index in [1.54, 1.807) is 6.07 Å². The first-order valence-electron chi connectivity index (χ1n) is 7.77. The Labute approximate surface area is 131 Å². The predicted molar refractivity (Wildman–Crippen MR) is 91.9 cm³/mol. The maximum absolute atomic E-state index is 12.8. The van der Waals surface area contributed by atoms with Crippen molar-refractivity contribution < 1.29 is 4.79 Å². The lowest BCUT2D eigenvalue weighted by atomic mass is 10.1. The number of amides is 1. The van der Waals surface area contributed by atoms with Crippen LogP contribution in [-0.4, -0.2) is 29.7 Å². The molecule has 1 heterocycles. The van der Waals surface area contributed by atoms with Gasteiger partial charge in [0.2, 0.25) is 5.91 Å². The first-order chi connectivity index (χ1) is 10.5. The fourth-order valence-electron chi connectivity index (χ4n) is 2.60. The fraction of sp³-hybridized carbons (Fsp3) is 0.412. The van der Waals surface area contributed by atoms with Gasteiger partial charge in [-0.25, -0.2) is 4.99 Å². The van der Waals surface area contributed by atoms with Crippen LogP contribution in [0.15, 0.2) is 28.8 Å². The summed E-state index contributed by atoms with van der Waals surface area (Å²) in [5.74, 6) is 0.489. The van der Waals surface area contributed by atoms with Crippen molar-refractivity contribution in [1.29, 1.82) is 0 Å². The molecule has 118 valence electrons. The molecule has 1 aliphatic heterocycles. The summed E-state index contributed by atoms with van der Waals surface area (Å²) in [5.41, 5.74) is 14.7. The molecule has 0 aliphatic carbocycles. The van der Waals surface area contributed by atoms with Crippen LogP contribution in [0.5, 0.6) is 0 Å². The number of anilines is 1. The van der Waals surface area contributed by atoms with Gasteiger partial charge in [-0.1, -0.05) is 19.9 Å². The van der Waals surface area contributed by atoms with Gasteiger partial charge < -0.3 is 16.4 Å². The summed E-state index contributed by atoms with van der Waals surface area (Å²) in [7, 11) is 0. The lowest BCUT2D eigenvalue weighted by Gasteiger charge is -2.22. The molecule has 0 radical (unpaired) electrons. The molecule has 4 N–H and O–H groups in total. The standard InChI is InChI=1S/C17H24N4O/c1-3-7-21(8-4-2)17(22)13-9-12-5-6-14(18)11-15(12)20-16(19)10-13/h5-6,9,11H,3-4,7-8,10,18H2,1-2H3,(H2,19,20). The van der Waals surface area contributed by atoms with Crippen LogP contribution in [0.2, 0.25) is 0 Å². The molecule has 0 aromatic heterocycles. The predicted octanol–water partition coefficient (Wildman–Crippen LogP) is 2.69. The number of hydrogen-bond donors (Lipinski definition) is 2. The number of carbonyl (C=O) groups is 1. The third kappa shape index (κ3) is 3.67. The van der Waals surface area contributed by atoms with Gasteiger partial charge >= 0.3 is 0 Å². The highest BCUT2D eigenvalue weighted by Gasteiger charge is 2.20. The lowest BCUT2D eigenvalue weighted by molar-refractivity contribution is -0.127. The van der Waals surface area contributed by atoms with E-state index < -0.39 is 0 Å². The minimum atomic E-state index is 0.0477. The molecule has 0 bridgehead atoms. The molecule has 0 spiro atoms. The zero-order valence-electron chi connectivity index (χ0n) is 13.3. The zero-order valence-corrected chi connectivity index (χ0v) is 13.3. The molecule has 0 unspecified atom stereocenters. The third-order valence-electron chi connectivity index (χ3n) is 3.57. The molecular weight excluding hydrogens is 276 g/mol. The molecule has 5 nitrogen and oxygen atoms in total. The number of hydrogen-bond acceptors (Lipinski definition) is 4. The zero-order chi connectivity index (χ0) is 16.1. The molecular formula is C17H24N4O. The Morgan fingerprint density at radius 1 is 1.23 bits per heavy atom. The van der Waals surface area contributed by atoms with E-state index in [2.05, 4.69) is 18.8 Å². The number of nitrogens with two attached hydrogens (primary N) is 2. The maximum Gasteiger partial charge on any atom is 0.250 e. The summed E-state index contributed by atoms with van der Waals surface area (Å²) in [5, 5.41) is 0. The second-order valence-corrected chi connectivity index (χ2v) is 5.56. The Balaban J connectivity index is 2.36. The van der Waals surface area contributed by atoms with Gasteiger partial charge in [0.05, 0.1) is 5.69 Å². The van der Waals surface area contributed by atoms with E-state index >= 15 is 0 Å². The van der Waals surface area contributed by atoms with Crippen LogP contribution < -0.4 is 11.5 Å². The van der Waals surface area contributed by atoms with Crippen molar-refractivity contribution in [3.8, 4) is 0 Å². The van der Waals surface area contributed by atoms with Crippen molar-refractivity contribution >= 4 is 29.2 Å². The third-order valence-corrected chi connectivity index (χ3v) is 3.57. The smallest absolute Gasteiger partial charge is 0.250 e. The molecule has 0 fully saturated rings. The summed E-state index contributed by atoms with van der Waals surface area (Å²) in [6.45, 7) is 5.67. The molecule has 2 rings (SSSR count). The molecule has 0 saturated carbocycles. The molecule has 1 aromatic rings. The van der Waals surface area contributed by atoms with E-state index in [0.29, 0.717) is 23.5 Å². The van der Waals surface area contributed by atoms with E-state index in [-0.39, 0.29) is 5.91 Å². The minimum absolute atomic E-state index is 0.0477. The Kier molecular flexibility index (Phi) is 5.20. The molecule has 0 saturated heterocycles. The van der Waals surface area contributed by atoms with E-state index in [1.807, 2.05) is 23.1 Å². The maximum atomic E-state index is 12.8. The minimum Gasteiger partial charge on any atom is -0.399 e. The van der Waals surface area contributed by atoms with E-state index in [0.717, 1.165) is 37.2 Å². The molecule has 1 aliphatic rings. The SMILES string of the molecule is CCCN(CCC)C(=O)C1=Cc2ccc(N)cc2N=C(N)C1. The number of nitrogens with zero attached hydrogens (tertiary/aromatic N) is 2. The van der Waals surface area contributed by atoms with Crippen molar-refractivity contribution in [3.63, 3.8) is 0 Å². The Morgan fingerprint density at radius 2 is 1.91 bits per heavy atom. The molecule has 1 amide bonds. The Morgan fingerprint density at radius 3 is 2.55 bits per heavy atom. The summed E-state index contributed by atoms with van der Waals surface area (Å²) in [6.07, 6.45) is 4.14. The van der Waals surface area contributed by atoms with Gasteiger partial charge in [0.25, 0.3) is 0 Å². The van der Waals surface area contributed by atoms with Gasteiger partial charge in [0, 0.05) is 36.3 Å². The van der Waals surface area contributed by atoms with Gasteiger partial charge in [-0.05, 0) is 31.1 Å². The summed E-state index contributed by atoms with van der Waals surface area (Å²) in [4.78, 5) is 19.0. The second-order valence-electron chi connectivity index (χ2n) is 5.56. The summed E-state index contributed by atoms with van der Waals surface area (Å²) in [6, 6.07) is 5.47. The van der Waals surface area contributed by atoms with Gasteiger partial charge in [-0.3, -0.25) is 4.79 Å². The summed E-state index contributed by atoms with van der Waals surface area (Å²) >= 11 is 0. The van der Waals surface area contributed by atoms with Crippen LogP contribution in [-0.2, 0) is 4.79 Å². The number of fused-ring (bicyclic) bond motifs is 1. The van der Waals surface area contributed by atoms with Crippen LogP contribution in [0.3, 0.4) is 0 Å². The highest BCUT2D eigenvalue weighted by atomic mass is 16.2. The van der Waals surface area contributed by atoms with E-state index in [4.69, 9.17) is 11.5 Å². The highest BCUT2D eigenvalue weighted by molar-refractivity contribution is 6.05. The van der Waals surface area contributed by atoms with Crippen molar-refractivity contribution in [2.45, 2.75) is 33.1 Å². The quantitative estimate of drug-likeness (QED) is 0.820. The van der Waals surface area contributed by atoms with Crippen molar-refractivity contribution in [2.75, 3.05) is 18.8 Å². The van der Waals surface area contributed by atoms with Crippen LogP contribution in [0.25, 0.3) is 6.08 Å².